The lowest BCUT2D eigenvalue weighted by Crippen LogP contribution is -2.57. The number of ketones is 1. The Balaban J connectivity index is 1.42. The Labute approximate surface area is 140 Å². The highest BCUT2D eigenvalue weighted by atomic mass is 32.1. The van der Waals surface area contributed by atoms with Crippen molar-refractivity contribution in [3.63, 3.8) is 0 Å². The van der Waals surface area contributed by atoms with E-state index in [0.29, 0.717) is 17.2 Å². The van der Waals surface area contributed by atoms with Gasteiger partial charge in [0.1, 0.15) is 0 Å². The van der Waals surface area contributed by atoms with Crippen LogP contribution in [0.1, 0.15) is 47.5 Å². The van der Waals surface area contributed by atoms with E-state index in [0.717, 1.165) is 33.1 Å². The van der Waals surface area contributed by atoms with Crippen molar-refractivity contribution in [3.05, 3.63) is 28.8 Å². The van der Waals surface area contributed by atoms with Crippen molar-refractivity contribution in [2.45, 2.75) is 44.6 Å². The van der Waals surface area contributed by atoms with Crippen LogP contribution in [0.15, 0.2) is 18.2 Å². The number of thiazole rings is 1. The van der Waals surface area contributed by atoms with Crippen molar-refractivity contribution in [3.8, 4) is 0 Å². The Morgan fingerprint density at radius 1 is 1.35 bits per heavy atom. The summed E-state index contributed by atoms with van der Waals surface area (Å²) in [6.45, 7) is 4.55. The minimum absolute atomic E-state index is 0.336. The molecular formula is C19H22N2OS. The molecule has 3 nitrogen and oxygen atoms in total. The summed E-state index contributed by atoms with van der Waals surface area (Å²) in [6.07, 6.45) is 5.97. The van der Waals surface area contributed by atoms with Crippen molar-refractivity contribution < 1.29 is 4.79 Å². The van der Waals surface area contributed by atoms with Crippen LogP contribution >= 0.6 is 11.3 Å². The third-order valence-electron chi connectivity index (χ3n) is 6.41. The van der Waals surface area contributed by atoms with Gasteiger partial charge in [-0.2, -0.15) is 0 Å². The van der Waals surface area contributed by atoms with Crippen LogP contribution in [-0.2, 0) is 0 Å². The lowest BCUT2D eigenvalue weighted by Gasteiger charge is -2.52. The third kappa shape index (κ3) is 2.11. The minimum atomic E-state index is 0.336. The summed E-state index contributed by atoms with van der Waals surface area (Å²) in [6, 6.07) is 6.05. The first kappa shape index (κ1) is 14.1. The highest BCUT2D eigenvalue weighted by Gasteiger charge is 2.60. The molecule has 4 heterocycles. The van der Waals surface area contributed by atoms with Crippen LogP contribution < -0.4 is 0 Å². The maximum atomic E-state index is 12.9. The lowest BCUT2D eigenvalue weighted by atomic mass is 9.69. The molecule has 1 aromatic heterocycles. The number of nitrogens with zero attached hydrogens (tertiary/aromatic N) is 2. The topological polar surface area (TPSA) is 33.2 Å². The van der Waals surface area contributed by atoms with Gasteiger partial charge in [-0.1, -0.05) is 0 Å². The standard InChI is InChI=1S/C19H22N2OS/c1-12-20-16-3-2-14(10-18(16)23-12)17(22)11-15-13-4-8-21(9-5-13)19(15)6-7-19/h2-3,10,13,15H,4-9,11H2,1H3/t15-/m1/s1. The molecule has 0 N–H and O–H groups in total. The van der Waals surface area contributed by atoms with E-state index in [2.05, 4.69) is 16.0 Å². The number of aryl methyl sites for hydroxylation is 1. The fourth-order valence-electron chi connectivity index (χ4n) is 5.12. The van der Waals surface area contributed by atoms with Crippen LogP contribution in [0.5, 0.6) is 0 Å². The molecule has 23 heavy (non-hydrogen) atoms. The molecule has 0 amide bonds. The van der Waals surface area contributed by atoms with Gasteiger partial charge in [-0.25, -0.2) is 4.98 Å². The Morgan fingerprint density at radius 3 is 2.87 bits per heavy atom. The zero-order chi connectivity index (χ0) is 15.6. The van der Waals surface area contributed by atoms with Gasteiger partial charge in [-0.3, -0.25) is 9.69 Å². The maximum Gasteiger partial charge on any atom is 0.163 e. The molecule has 3 aliphatic heterocycles. The molecule has 120 valence electrons. The average Bonchev–Trinajstić information content (AvgIpc) is 3.24. The van der Waals surface area contributed by atoms with Crippen LogP contribution in [0, 0.1) is 18.8 Å². The second-order valence-electron chi connectivity index (χ2n) is 7.58. The van der Waals surface area contributed by atoms with Crippen LogP contribution in [0.4, 0.5) is 0 Å². The number of fused-ring (bicyclic) bond motifs is 3. The summed E-state index contributed by atoms with van der Waals surface area (Å²) < 4.78 is 1.14. The van der Waals surface area contributed by atoms with Gasteiger partial charge in [0.25, 0.3) is 0 Å². The Kier molecular flexibility index (Phi) is 2.99. The first-order chi connectivity index (χ1) is 11.2. The summed E-state index contributed by atoms with van der Waals surface area (Å²) in [4.78, 5) is 20.1. The lowest BCUT2D eigenvalue weighted by molar-refractivity contribution is -0.0274. The zero-order valence-corrected chi connectivity index (χ0v) is 14.4. The number of Topliss-reactive ketones (excluding diaryl/α,β-unsaturated/α-hetero) is 1. The molecule has 2 bridgehead atoms. The molecule has 4 heteroatoms. The van der Waals surface area contributed by atoms with E-state index in [-0.39, 0.29) is 0 Å². The van der Waals surface area contributed by atoms with Gasteiger partial charge in [-0.05, 0) is 75.7 Å². The van der Waals surface area contributed by atoms with Gasteiger partial charge in [0.2, 0.25) is 0 Å². The number of aromatic nitrogens is 1. The molecule has 1 atom stereocenters. The molecule has 0 unspecified atom stereocenters. The molecule has 1 aliphatic carbocycles. The van der Waals surface area contributed by atoms with Gasteiger partial charge in [0.05, 0.1) is 15.2 Å². The van der Waals surface area contributed by atoms with Crippen molar-refractivity contribution in [1.29, 1.82) is 0 Å². The third-order valence-corrected chi connectivity index (χ3v) is 7.35. The minimum Gasteiger partial charge on any atom is -0.297 e. The molecule has 4 aliphatic rings. The molecular weight excluding hydrogens is 304 g/mol. The van der Waals surface area contributed by atoms with Crippen molar-refractivity contribution in [2.75, 3.05) is 13.1 Å². The van der Waals surface area contributed by atoms with E-state index in [9.17, 15) is 4.79 Å². The van der Waals surface area contributed by atoms with Crippen LogP contribution in [0.3, 0.4) is 0 Å². The van der Waals surface area contributed by atoms with E-state index in [1.165, 1.54) is 38.8 Å². The van der Waals surface area contributed by atoms with Gasteiger partial charge in [0, 0.05) is 17.5 Å². The predicted octanol–water partition coefficient (Wildman–Crippen LogP) is 4.05. The molecule has 0 radical (unpaired) electrons. The quantitative estimate of drug-likeness (QED) is 0.798. The SMILES string of the molecule is Cc1nc2ccc(C(=O)C[C@@H]3C4CCN(CC4)C34CC4)cc2s1. The second-order valence-corrected chi connectivity index (χ2v) is 8.81. The van der Waals surface area contributed by atoms with Crippen LogP contribution in [0.25, 0.3) is 10.2 Å². The highest BCUT2D eigenvalue weighted by molar-refractivity contribution is 7.18. The van der Waals surface area contributed by atoms with Crippen molar-refractivity contribution >= 4 is 27.3 Å². The largest absolute Gasteiger partial charge is 0.297 e. The predicted molar refractivity (Wildman–Crippen MR) is 93.1 cm³/mol. The summed E-state index contributed by atoms with van der Waals surface area (Å²) >= 11 is 1.68. The molecule has 3 saturated heterocycles. The van der Waals surface area contributed by atoms with E-state index < -0.39 is 0 Å². The Hall–Kier alpha value is -1.26. The van der Waals surface area contributed by atoms with E-state index >= 15 is 0 Å². The van der Waals surface area contributed by atoms with E-state index in [1.54, 1.807) is 11.3 Å². The number of piperidine rings is 3. The molecule has 4 fully saturated rings. The summed E-state index contributed by atoms with van der Waals surface area (Å²) in [5.41, 5.74) is 2.31. The van der Waals surface area contributed by atoms with Gasteiger partial charge in [0.15, 0.2) is 5.78 Å². The fraction of sp³-hybridized carbons (Fsp3) is 0.579. The molecule has 1 saturated carbocycles. The molecule has 2 aromatic rings. The number of benzene rings is 1. The summed E-state index contributed by atoms with van der Waals surface area (Å²) in [5.74, 6) is 1.71. The number of carbonyl (C=O) groups excluding carboxylic acids is 1. The Bertz CT molecular complexity index is 784. The van der Waals surface area contributed by atoms with Crippen molar-refractivity contribution in [2.24, 2.45) is 11.8 Å². The number of hydrogen-bond acceptors (Lipinski definition) is 4. The summed E-state index contributed by atoms with van der Waals surface area (Å²) in [7, 11) is 0. The maximum absolute atomic E-state index is 12.9. The average molecular weight is 326 g/mol. The monoisotopic (exact) mass is 326 g/mol. The van der Waals surface area contributed by atoms with E-state index in [4.69, 9.17) is 0 Å². The molecule has 6 rings (SSSR count). The second kappa shape index (κ2) is 4.87. The molecule has 1 spiro atoms. The van der Waals surface area contributed by atoms with Gasteiger partial charge < -0.3 is 0 Å². The number of carbonyl (C=O) groups is 1. The van der Waals surface area contributed by atoms with Crippen LogP contribution in [0.2, 0.25) is 0 Å². The zero-order valence-electron chi connectivity index (χ0n) is 13.5. The number of rotatable bonds is 3. The van der Waals surface area contributed by atoms with Crippen LogP contribution in [-0.4, -0.2) is 34.3 Å². The number of hydrogen-bond donors (Lipinski definition) is 0. The summed E-state index contributed by atoms with van der Waals surface area (Å²) in [5, 5.41) is 1.07. The van der Waals surface area contributed by atoms with Gasteiger partial charge in [-0.15, -0.1) is 11.3 Å². The smallest absolute Gasteiger partial charge is 0.163 e. The first-order valence-electron chi connectivity index (χ1n) is 8.81. The normalized spacial score (nSPS) is 30.9. The Morgan fingerprint density at radius 2 is 2.13 bits per heavy atom. The fourth-order valence-corrected chi connectivity index (χ4v) is 5.99. The first-order valence-corrected chi connectivity index (χ1v) is 9.63. The van der Waals surface area contributed by atoms with Crippen molar-refractivity contribution in [1.82, 2.24) is 9.88 Å². The van der Waals surface area contributed by atoms with E-state index in [1.807, 2.05) is 19.1 Å². The van der Waals surface area contributed by atoms with Gasteiger partial charge >= 0.3 is 0 Å². The highest BCUT2D eigenvalue weighted by Crippen LogP contribution is 2.58. The molecule has 1 aromatic carbocycles.